The van der Waals surface area contributed by atoms with Gasteiger partial charge >= 0.3 is 0 Å². The average molecular weight is 377 g/mol. The number of nitrogens with zero attached hydrogens (tertiary/aromatic N) is 2. The monoisotopic (exact) mass is 376 g/mol. The lowest BCUT2D eigenvalue weighted by atomic mass is 10.1. The number of hydrogen-bond acceptors (Lipinski definition) is 3. The van der Waals surface area contributed by atoms with Crippen LogP contribution in [-0.4, -0.2) is 15.7 Å². The van der Waals surface area contributed by atoms with Gasteiger partial charge in [-0.25, -0.2) is 0 Å². The number of aryl methyl sites for hydroxylation is 3. The minimum absolute atomic E-state index is 0.0543. The first kappa shape index (κ1) is 19.8. The molecule has 0 fully saturated rings. The van der Waals surface area contributed by atoms with Crippen molar-refractivity contribution in [1.82, 2.24) is 20.4 Å². The molecule has 3 rings (SSSR count). The third kappa shape index (κ3) is 4.87. The summed E-state index contributed by atoms with van der Waals surface area (Å²) in [5, 5.41) is 10.9. The number of hydrogen-bond donors (Lipinski definition) is 2. The molecule has 1 aromatic heterocycles. The van der Waals surface area contributed by atoms with Gasteiger partial charge in [0.1, 0.15) is 0 Å². The Labute approximate surface area is 166 Å². The van der Waals surface area contributed by atoms with E-state index in [1.165, 1.54) is 16.8 Å². The Morgan fingerprint density at radius 2 is 1.71 bits per heavy atom. The van der Waals surface area contributed by atoms with E-state index in [4.69, 9.17) is 0 Å². The zero-order valence-electron chi connectivity index (χ0n) is 17.0. The molecule has 0 aliphatic carbocycles. The summed E-state index contributed by atoms with van der Waals surface area (Å²) in [6.45, 7) is 8.15. The Balaban J connectivity index is 1.55. The summed E-state index contributed by atoms with van der Waals surface area (Å²) in [5.41, 5.74) is 7.54. The maximum atomic E-state index is 12.5. The first-order valence-electron chi connectivity index (χ1n) is 9.56. The summed E-state index contributed by atoms with van der Waals surface area (Å²) >= 11 is 0. The highest BCUT2D eigenvalue weighted by molar-refractivity contribution is 5.94. The first-order chi connectivity index (χ1) is 13.4. The van der Waals surface area contributed by atoms with E-state index in [1.807, 2.05) is 55.1 Å². The van der Waals surface area contributed by atoms with Gasteiger partial charge in [-0.1, -0.05) is 42.0 Å². The molecule has 0 atom stereocenters. The van der Waals surface area contributed by atoms with Gasteiger partial charge in [-0.2, -0.15) is 5.10 Å². The SMILES string of the molecule is Cc1ccc(CNC(=O)c2cccc(CNCc3c(C)nn(C)c3C)c2)cc1. The lowest BCUT2D eigenvalue weighted by molar-refractivity contribution is 0.0951. The highest BCUT2D eigenvalue weighted by Gasteiger charge is 2.09. The number of benzene rings is 2. The van der Waals surface area contributed by atoms with E-state index >= 15 is 0 Å². The summed E-state index contributed by atoms with van der Waals surface area (Å²) in [5.74, 6) is -0.0543. The number of nitrogens with one attached hydrogen (secondary N) is 2. The van der Waals surface area contributed by atoms with E-state index in [0.717, 1.165) is 23.4 Å². The van der Waals surface area contributed by atoms with E-state index in [0.29, 0.717) is 18.7 Å². The fourth-order valence-corrected chi connectivity index (χ4v) is 3.22. The van der Waals surface area contributed by atoms with E-state index < -0.39 is 0 Å². The third-order valence-electron chi connectivity index (χ3n) is 5.05. The van der Waals surface area contributed by atoms with Crippen molar-refractivity contribution in [1.29, 1.82) is 0 Å². The second kappa shape index (κ2) is 8.85. The molecule has 0 aliphatic rings. The van der Waals surface area contributed by atoms with Crippen LogP contribution in [0.2, 0.25) is 0 Å². The van der Waals surface area contributed by atoms with Crippen LogP contribution in [0.4, 0.5) is 0 Å². The van der Waals surface area contributed by atoms with E-state index in [9.17, 15) is 4.79 Å². The second-order valence-electron chi connectivity index (χ2n) is 7.25. The molecular formula is C23H28N4O. The third-order valence-corrected chi connectivity index (χ3v) is 5.05. The van der Waals surface area contributed by atoms with Gasteiger partial charge < -0.3 is 10.6 Å². The fourth-order valence-electron chi connectivity index (χ4n) is 3.22. The molecule has 146 valence electrons. The molecule has 2 aromatic carbocycles. The minimum Gasteiger partial charge on any atom is -0.348 e. The molecule has 0 aliphatic heterocycles. The van der Waals surface area contributed by atoms with Gasteiger partial charge in [-0.15, -0.1) is 0 Å². The van der Waals surface area contributed by atoms with Gasteiger partial charge in [0.15, 0.2) is 0 Å². The Morgan fingerprint density at radius 1 is 0.964 bits per heavy atom. The highest BCUT2D eigenvalue weighted by atomic mass is 16.1. The zero-order chi connectivity index (χ0) is 20.1. The number of aromatic nitrogens is 2. The molecule has 0 bridgehead atoms. The Morgan fingerprint density at radius 3 is 2.39 bits per heavy atom. The maximum Gasteiger partial charge on any atom is 0.251 e. The molecule has 2 N–H and O–H groups in total. The molecule has 0 saturated carbocycles. The molecule has 0 spiro atoms. The van der Waals surface area contributed by atoms with Crippen LogP contribution in [0.25, 0.3) is 0 Å². The van der Waals surface area contributed by atoms with Crippen LogP contribution in [0, 0.1) is 20.8 Å². The number of carbonyl (C=O) groups excluding carboxylic acids is 1. The largest absolute Gasteiger partial charge is 0.348 e. The van der Waals surface area contributed by atoms with Crippen molar-refractivity contribution in [2.45, 2.75) is 40.4 Å². The summed E-state index contributed by atoms with van der Waals surface area (Å²) in [4.78, 5) is 12.5. The summed E-state index contributed by atoms with van der Waals surface area (Å²) < 4.78 is 1.91. The standard InChI is InChI=1S/C23H28N4O/c1-16-8-10-19(11-9-16)14-25-23(28)21-7-5-6-20(12-21)13-24-15-22-17(2)26-27(4)18(22)3/h5-12,24H,13-15H2,1-4H3,(H,25,28). The molecule has 5 heteroatoms. The molecule has 0 unspecified atom stereocenters. The van der Waals surface area contributed by atoms with E-state index in [-0.39, 0.29) is 5.91 Å². The van der Waals surface area contributed by atoms with Crippen LogP contribution in [-0.2, 0) is 26.7 Å². The van der Waals surface area contributed by atoms with Crippen LogP contribution < -0.4 is 10.6 Å². The van der Waals surface area contributed by atoms with Crippen molar-refractivity contribution in [3.63, 3.8) is 0 Å². The van der Waals surface area contributed by atoms with Gasteiger partial charge in [-0.05, 0) is 44.0 Å². The van der Waals surface area contributed by atoms with Crippen molar-refractivity contribution >= 4 is 5.91 Å². The van der Waals surface area contributed by atoms with Gasteiger partial charge in [0.25, 0.3) is 5.91 Å². The molecule has 0 radical (unpaired) electrons. The summed E-state index contributed by atoms with van der Waals surface area (Å²) in [6.07, 6.45) is 0. The Bertz CT molecular complexity index is 957. The van der Waals surface area contributed by atoms with Crippen LogP contribution in [0.5, 0.6) is 0 Å². The molecule has 1 amide bonds. The van der Waals surface area contributed by atoms with Crippen molar-refractivity contribution in [2.24, 2.45) is 7.05 Å². The fraction of sp³-hybridized carbons (Fsp3) is 0.304. The lowest BCUT2D eigenvalue weighted by Gasteiger charge is -2.09. The van der Waals surface area contributed by atoms with Crippen LogP contribution in [0.15, 0.2) is 48.5 Å². The summed E-state index contributed by atoms with van der Waals surface area (Å²) in [6, 6.07) is 15.9. The predicted molar refractivity (Wildman–Crippen MR) is 112 cm³/mol. The van der Waals surface area contributed by atoms with Crippen molar-refractivity contribution in [3.8, 4) is 0 Å². The average Bonchev–Trinajstić information content (AvgIpc) is 2.93. The van der Waals surface area contributed by atoms with Gasteiger partial charge in [0, 0.05) is 43.5 Å². The predicted octanol–water partition coefficient (Wildman–Crippen LogP) is 3.57. The molecule has 5 nitrogen and oxygen atoms in total. The maximum absolute atomic E-state index is 12.5. The Kier molecular flexibility index (Phi) is 6.26. The van der Waals surface area contributed by atoms with Gasteiger partial charge in [-0.3, -0.25) is 9.48 Å². The first-order valence-corrected chi connectivity index (χ1v) is 9.56. The van der Waals surface area contributed by atoms with Crippen molar-refractivity contribution in [2.75, 3.05) is 0 Å². The van der Waals surface area contributed by atoms with Crippen LogP contribution >= 0.6 is 0 Å². The van der Waals surface area contributed by atoms with Gasteiger partial charge in [0.05, 0.1) is 5.69 Å². The van der Waals surface area contributed by atoms with E-state index in [1.54, 1.807) is 0 Å². The number of rotatable bonds is 7. The molecule has 1 heterocycles. The normalized spacial score (nSPS) is 10.9. The number of carbonyl (C=O) groups is 1. The van der Waals surface area contributed by atoms with Crippen molar-refractivity contribution in [3.05, 3.63) is 87.7 Å². The Hall–Kier alpha value is -2.92. The van der Waals surface area contributed by atoms with Crippen LogP contribution in [0.3, 0.4) is 0 Å². The molecule has 3 aromatic rings. The lowest BCUT2D eigenvalue weighted by Crippen LogP contribution is -2.23. The topological polar surface area (TPSA) is 59.0 Å². The molecule has 0 saturated heterocycles. The molecular weight excluding hydrogens is 348 g/mol. The quantitative estimate of drug-likeness (QED) is 0.663. The number of amides is 1. The highest BCUT2D eigenvalue weighted by Crippen LogP contribution is 2.12. The minimum atomic E-state index is -0.0543. The second-order valence-corrected chi connectivity index (χ2v) is 7.25. The smallest absolute Gasteiger partial charge is 0.251 e. The summed E-state index contributed by atoms with van der Waals surface area (Å²) in [7, 11) is 1.96. The van der Waals surface area contributed by atoms with Crippen molar-refractivity contribution < 1.29 is 4.79 Å². The van der Waals surface area contributed by atoms with Gasteiger partial charge in [0.2, 0.25) is 0 Å². The zero-order valence-corrected chi connectivity index (χ0v) is 17.0. The van der Waals surface area contributed by atoms with E-state index in [2.05, 4.69) is 41.7 Å². The van der Waals surface area contributed by atoms with Crippen LogP contribution in [0.1, 0.15) is 44.0 Å². The molecule has 28 heavy (non-hydrogen) atoms.